The van der Waals surface area contributed by atoms with Crippen molar-refractivity contribution < 1.29 is 92.7 Å². The lowest BCUT2D eigenvalue weighted by Crippen LogP contribution is -2.29. The van der Waals surface area contributed by atoms with Crippen molar-refractivity contribution in [2.45, 2.75) is 413 Å². The van der Waals surface area contributed by atoms with Gasteiger partial charge in [-0.25, -0.2) is 14.4 Å². The van der Waals surface area contributed by atoms with Crippen LogP contribution < -0.4 is 0 Å². The van der Waals surface area contributed by atoms with Crippen LogP contribution in [0.25, 0.3) is 0 Å². The van der Waals surface area contributed by atoms with E-state index in [0.29, 0.717) is 19.3 Å². The van der Waals surface area contributed by atoms with Gasteiger partial charge in [-0.05, 0) is 161 Å². The van der Waals surface area contributed by atoms with Crippen molar-refractivity contribution in [2.24, 2.45) is 5.92 Å². The Morgan fingerprint density at radius 3 is 0.960 bits per heavy atom. The molecule has 19 nitrogen and oxygen atoms in total. The van der Waals surface area contributed by atoms with Crippen LogP contribution in [0.1, 0.15) is 371 Å². The minimum atomic E-state index is -1.23. The molecule has 0 aliphatic rings. The van der Waals surface area contributed by atoms with E-state index in [2.05, 4.69) is 62.8 Å². The summed E-state index contributed by atoms with van der Waals surface area (Å²) in [7, 11) is 1.42. The molecule has 0 aromatic carbocycles. The molecule has 6 N–H and O–H groups in total. The Labute approximate surface area is 612 Å². The first kappa shape index (κ1) is 102. The molecular weight excluding hydrogens is 1290 g/mol. The summed E-state index contributed by atoms with van der Waals surface area (Å²) >= 11 is 0. The number of aliphatic hydroxyl groups excluding tert-OH is 3. The van der Waals surface area contributed by atoms with E-state index in [9.17, 15) is 48.6 Å². The quantitative estimate of drug-likeness (QED) is 0.0143. The molecule has 0 radical (unpaired) electrons. The zero-order valence-corrected chi connectivity index (χ0v) is 65.2. The van der Waals surface area contributed by atoms with Gasteiger partial charge in [0, 0.05) is 25.7 Å². The van der Waals surface area contributed by atoms with Crippen LogP contribution in [0.2, 0.25) is 0 Å². The molecule has 0 amide bonds. The number of carbonyl (C=O) groups excluding carboxylic acids is 5. The number of carbonyl (C=O) groups is 8. The van der Waals surface area contributed by atoms with Crippen LogP contribution in [0, 0.1) is 5.92 Å². The van der Waals surface area contributed by atoms with E-state index >= 15 is 0 Å². The molecule has 0 fully saturated rings. The second-order valence-electron chi connectivity index (χ2n) is 27.2. The van der Waals surface area contributed by atoms with E-state index in [1.54, 1.807) is 6.92 Å². The predicted octanol–water partition coefficient (Wildman–Crippen LogP) is 19.8. The van der Waals surface area contributed by atoms with Crippen molar-refractivity contribution in [1.82, 2.24) is 0 Å². The Hall–Kier alpha value is -5.40. The van der Waals surface area contributed by atoms with Crippen LogP contribution in [0.5, 0.6) is 0 Å². The molecule has 0 aromatic heterocycles. The topological polar surface area (TPSA) is 304 Å². The van der Waals surface area contributed by atoms with Gasteiger partial charge in [0.25, 0.3) is 0 Å². The minimum Gasteiger partial charge on any atom is -0.481 e. The molecule has 0 aliphatic carbocycles. The molecule has 0 saturated carbocycles. The van der Waals surface area contributed by atoms with Gasteiger partial charge in [-0.15, -0.1) is 0 Å². The molecule has 7 atom stereocenters. The lowest BCUT2D eigenvalue weighted by molar-refractivity contribution is -0.169. The van der Waals surface area contributed by atoms with Gasteiger partial charge >= 0.3 is 47.8 Å². The van der Waals surface area contributed by atoms with E-state index in [0.717, 1.165) is 231 Å². The van der Waals surface area contributed by atoms with E-state index in [1.165, 1.54) is 65.9 Å². The second kappa shape index (κ2) is 77.2. The minimum absolute atomic E-state index is 0.0858. The third-order valence-corrected chi connectivity index (χ3v) is 16.7. The zero-order chi connectivity index (χ0) is 76.4. The SMILES string of the molecule is CC(O)C(=O)O.CCCCCCC(/C=C\CCCCCCCC(=O)O)OC(=O)C(C)C.CCCCCCC(/C=C\CCCCCCCC(=O)OC)OC(=O)C(C)OC(=O)CCCCCCC/C=C\C(CCCCC)OC(=O)C(C)O.CCCCCCCC(O)/C=C\CCCCCCCC(=O)O. The van der Waals surface area contributed by atoms with Gasteiger partial charge in [-0.3, -0.25) is 24.0 Å². The lowest BCUT2D eigenvalue weighted by atomic mass is 10.1. The van der Waals surface area contributed by atoms with Crippen LogP contribution in [-0.4, -0.2) is 128 Å². The highest BCUT2D eigenvalue weighted by molar-refractivity contribution is 5.79. The number of unbranched alkanes of at least 4 members (excludes halogenated alkanes) is 32. The fourth-order valence-electron chi connectivity index (χ4n) is 10.2. The maximum Gasteiger partial charge on any atom is 0.347 e. The van der Waals surface area contributed by atoms with Gasteiger partial charge in [0.2, 0.25) is 0 Å². The highest BCUT2D eigenvalue weighted by Crippen LogP contribution is 2.19. The van der Waals surface area contributed by atoms with Gasteiger partial charge in [0.15, 0.2) is 6.10 Å². The molecule has 0 saturated heterocycles. The van der Waals surface area contributed by atoms with Gasteiger partial charge in [-0.1, -0.05) is 232 Å². The zero-order valence-electron chi connectivity index (χ0n) is 65.2. The van der Waals surface area contributed by atoms with Crippen LogP contribution >= 0.6 is 0 Å². The van der Waals surface area contributed by atoms with E-state index < -0.39 is 48.2 Å². The molecule has 0 heterocycles. The Bertz CT molecular complexity index is 2100. The Balaban J connectivity index is -0.000000748. The number of aliphatic carboxylic acids is 3. The van der Waals surface area contributed by atoms with Crippen LogP contribution in [0.4, 0.5) is 0 Å². The van der Waals surface area contributed by atoms with Crippen molar-refractivity contribution in [3.05, 3.63) is 48.6 Å². The molecule has 7 unspecified atom stereocenters. The standard InChI is InChI=1S/C40H70O9.C21H38O4.C18H34O3.C3H6O3/c1-6-8-10-22-28-36(30-24-18-13-11-15-19-25-31-37(42)46-5)49-40(45)34(4)47-38(43)32-26-20-16-12-14-17-23-29-35(27-21-9-7-2)48-39(44)33(3)41;1-4-5-6-12-15-19(25-21(24)18(2)3)16-13-10-8-7-9-11-14-17-20(22)23;1-2-3-4-8-11-14-17(19)15-12-9-6-5-7-10-13-16-18(20)21;1-2(4)3(5)6/h23-24,29-30,33-36,41H,6-22,25-28,31-32H2,1-5H3;13,16,18-19H,4-12,14-15,17H2,1-3H3,(H,22,23);12,15,17,19H,2-11,13-14,16H2,1H3,(H,20,21);2,4H,1H3,(H,5,6)/b29-23-,30-24-;16-13-;15-12-;. The highest BCUT2D eigenvalue weighted by Gasteiger charge is 2.23. The fourth-order valence-corrected chi connectivity index (χ4v) is 10.2. The molecule has 0 spiro atoms. The average molecular weight is 1440 g/mol. The van der Waals surface area contributed by atoms with Crippen molar-refractivity contribution in [3.8, 4) is 0 Å². The Morgan fingerprint density at radius 1 is 0.317 bits per heavy atom. The average Bonchev–Trinajstić information content (AvgIpc) is 1.35. The number of aliphatic hydroxyl groups is 3. The summed E-state index contributed by atoms with van der Waals surface area (Å²) in [4.78, 5) is 90.2. The van der Waals surface area contributed by atoms with Crippen molar-refractivity contribution in [1.29, 1.82) is 0 Å². The summed E-state index contributed by atoms with van der Waals surface area (Å²) in [6, 6.07) is 0. The maximum atomic E-state index is 12.8. The summed E-state index contributed by atoms with van der Waals surface area (Å²) in [5.41, 5.74) is 0. The largest absolute Gasteiger partial charge is 0.481 e. The molecule has 101 heavy (non-hydrogen) atoms. The number of allylic oxidation sites excluding steroid dienone is 4. The Kier molecular flexibility index (Phi) is 78.0. The molecule has 0 aromatic rings. The van der Waals surface area contributed by atoms with E-state index in [-0.39, 0.29) is 61.1 Å². The number of esters is 5. The number of methoxy groups -OCH3 is 1. The summed E-state index contributed by atoms with van der Waals surface area (Å²) in [6.07, 6.45) is 58.8. The first-order valence-electron chi connectivity index (χ1n) is 39.7. The fraction of sp³-hybridized carbons (Fsp3) is 0.805. The predicted molar refractivity (Wildman–Crippen MR) is 405 cm³/mol. The summed E-state index contributed by atoms with van der Waals surface area (Å²) in [5, 5.41) is 52.1. The summed E-state index contributed by atoms with van der Waals surface area (Å²) < 4.78 is 26.8. The highest BCUT2D eigenvalue weighted by atomic mass is 16.6. The van der Waals surface area contributed by atoms with Crippen LogP contribution in [0.15, 0.2) is 48.6 Å². The smallest absolute Gasteiger partial charge is 0.347 e. The number of hydrogen-bond acceptors (Lipinski definition) is 16. The molecule has 590 valence electrons. The maximum absolute atomic E-state index is 12.8. The van der Waals surface area contributed by atoms with Crippen molar-refractivity contribution in [2.75, 3.05) is 7.11 Å². The third-order valence-electron chi connectivity index (χ3n) is 16.7. The molecule has 19 heteroatoms. The molecule has 0 aliphatic heterocycles. The number of carboxylic acid groups (broad SMARTS) is 3. The Morgan fingerprint density at radius 2 is 0.604 bits per heavy atom. The summed E-state index contributed by atoms with van der Waals surface area (Å²) in [6.45, 7) is 16.6. The normalized spacial score (nSPS) is 13.4. The van der Waals surface area contributed by atoms with Gasteiger partial charge in [0.1, 0.15) is 30.5 Å². The number of carboxylic acids is 3. The number of hydrogen-bond donors (Lipinski definition) is 6. The monoisotopic (exact) mass is 1440 g/mol. The van der Waals surface area contributed by atoms with Gasteiger partial charge in [-0.2, -0.15) is 0 Å². The molecule has 0 bridgehead atoms. The summed E-state index contributed by atoms with van der Waals surface area (Å²) in [5.74, 6) is -4.42. The lowest BCUT2D eigenvalue weighted by Gasteiger charge is -2.18. The van der Waals surface area contributed by atoms with E-state index in [1.807, 2.05) is 32.1 Å². The second-order valence-corrected chi connectivity index (χ2v) is 27.2. The van der Waals surface area contributed by atoms with Gasteiger partial charge < -0.3 is 54.3 Å². The first-order chi connectivity index (χ1) is 48.4. The van der Waals surface area contributed by atoms with Crippen LogP contribution in [0.3, 0.4) is 0 Å². The molecule has 0 rings (SSSR count). The van der Waals surface area contributed by atoms with Crippen molar-refractivity contribution >= 4 is 47.8 Å². The first-order valence-corrected chi connectivity index (χ1v) is 39.7. The van der Waals surface area contributed by atoms with Gasteiger partial charge in [0.05, 0.1) is 19.1 Å². The molecular formula is C82H148O19. The number of ether oxygens (including phenoxy) is 5. The van der Waals surface area contributed by atoms with Crippen LogP contribution in [-0.2, 0) is 62.0 Å². The van der Waals surface area contributed by atoms with Crippen molar-refractivity contribution in [3.63, 3.8) is 0 Å². The number of rotatable bonds is 64. The third kappa shape index (κ3) is 80.2. The van der Waals surface area contributed by atoms with E-state index in [4.69, 9.17) is 39.4 Å².